The van der Waals surface area contributed by atoms with E-state index < -0.39 is 0 Å². The highest BCUT2D eigenvalue weighted by Crippen LogP contribution is 2.38. The molecule has 1 atom stereocenters. The molecule has 0 N–H and O–H groups in total. The van der Waals surface area contributed by atoms with Crippen LogP contribution in [0.1, 0.15) is 51.7 Å². The van der Waals surface area contributed by atoms with Crippen LogP contribution in [0, 0.1) is 5.41 Å². The second-order valence-electron chi connectivity index (χ2n) is 7.38. The topological polar surface area (TPSA) is 51.4 Å². The first-order chi connectivity index (χ1) is 9.47. The molecule has 3 rings (SSSR count). The summed E-state index contributed by atoms with van der Waals surface area (Å²) in [5.74, 6) is 1.53. The highest BCUT2D eigenvalue weighted by atomic mass is 16.5. The van der Waals surface area contributed by atoms with Crippen molar-refractivity contribution >= 4 is 0 Å². The number of ether oxygens (including phenoxy) is 1. The van der Waals surface area contributed by atoms with Crippen molar-refractivity contribution in [1.29, 1.82) is 0 Å². The van der Waals surface area contributed by atoms with Crippen molar-refractivity contribution in [3.05, 3.63) is 11.7 Å². The normalized spacial score (nSPS) is 28.4. The SMILES string of the molecule is CC(C)(C)c1noc(CN2CCC3(CCCOC3)C2)n1. The Morgan fingerprint density at radius 1 is 1.30 bits per heavy atom. The lowest BCUT2D eigenvalue weighted by atomic mass is 9.82. The lowest BCUT2D eigenvalue weighted by Crippen LogP contribution is -2.34. The van der Waals surface area contributed by atoms with Gasteiger partial charge in [0, 0.05) is 24.0 Å². The van der Waals surface area contributed by atoms with Crippen LogP contribution in [0.25, 0.3) is 0 Å². The quantitative estimate of drug-likeness (QED) is 0.832. The first-order valence-electron chi connectivity index (χ1n) is 7.60. The summed E-state index contributed by atoms with van der Waals surface area (Å²) in [6.45, 7) is 11.1. The molecule has 3 heterocycles. The number of likely N-dealkylation sites (tertiary alicyclic amines) is 1. The molecule has 2 fully saturated rings. The van der Waals surface area contributed by atoms with Crippen molar-refractivity contribution in [3.63, 3.8) is 0 Å². The van der Waals surface area contributed by atoms with Crippen molar-refractivity contribution in [2.45, 2.75) is 52.0 Å². The molecule has 1 unspecified atom stereocenters. The summed E-state index contributed by atoms with van der Waals surface area (Å²) >= 11 is 0. The summed E-state index contributed by atoms with van der Waals surface area (Å²) in [5, 5.41) is 4.10. The molecule has 1 spiro atoms. The van der Waals surface area contributed by atoms with Crippen LogP contribution in [0.15, 0.2) is 4.52 Å². The summed E-state index contributed by atoms with van der Waals surface area (Å²) in [6, 6.07) is 0. The van der Waals surface area contributed by atoms with E-state index in [9.17, 15) is 0 Å². The van der Waals surface area contributed by atoms with E-state index in [1.54, 1.807) is 0 Å². The second kappa shape index (κ2) is 5.11. The van der Waals surface area contributed by atoms with E-state index >= 15 is 0 Å². The fourth-order valence-corrected chi connectivity index (χ4v) is 3.21. The minimum atomic E-state index is -0.0504. The van der Waals surface area contributed by atoms with Crippen molar-refractivity contribution in [2.75, 3.05) is 26.3 Å². The Morgan fingerprint density at radius 2 is 2.15 bits per heavy atom. The average Bonchev–Trinajstić information content (AvgIpc) is 2.99. The van der Waals surface area contributed by atoms with Gasteiger partial charge in [-0.05, 0) is 25.8 Å². The molecule has 2 aliphatic rings. The second-order valence-corrected chi connectivity index (χ2v) is 7.38. The number of rotatable bonds is 2. The fraction of sp³-hybridized carbons (Fsp3) is 0.867. The van der Waals surface area contributed by atoms with Crippen LogP contribution in [-0.4, -0.2) is 41.3 Å². The van der Waals surface area contributed by atoms with Gasteiger partial charge in [-0.1, -0.05) is 25.9 Å². The third kappa shape index (κ3) is 2.88. The molecule has 112 valence electrons. The van der Waals surface area contributed by atoms with Gasteiger partial charge < -0.3 is 9.26 Å². The molecule has 0 aromatic carbocycles. The van der Waals surface area contributed by atoms with E-state index in [0.29, 0.717) is 5.41 Å². The minimum Gasteiger partial charge on any atom is -0.381 e. The Kier molecular flexibility index (Phi) is 3.58. The third-order valence-electron chi connectivity index (χ3n) is 4.42. The molecule has 2 saturated heterocycles. The summed E-state index contributed by atoms with van der Waals surface area (Å²) in [5.41, 5.74) is 0.330. The summed E-state index contributed by atoms with van der Waals surface area (Å²) in [6.07, 6.45) is 3.72. The van der Waals surface area contributed by atoms with Crippen LogP contribution in [0.2, 0.25) is 0 Å². The van der Waals surface area contributed by atoms with Gasteiger partial charge in [-0.3, -0.25) is 4.90 Å². The maximum atomic E-state index is 5.68. The third-order valence-corrected chi connectivity index (χ3v) is 4.42. The van der Waals surface area contributed by atoms with E-state index in [-0.39, 0.29) is 5.41 Å². The largest absolute Gasteiger partial charge is 0.381 e. The van der Waals surface area contributed by atoms with Crippen molar-refractivity contribution in [1.82, 2.24) is 15.0 Å². The van der Waals surface area contributed by atoms with Gasteiger partial charge in [0.05, 0.1) is 13.2 Å². The maximum absolute atomic E-state index is 5.68. The molecule has 1 aromatic rings. The molecule has 0 saturated carbocycles. The van der Waals surface area contributed by atoms with Gasteiger partial charge >= 0.3 is 0 Å². The lowest BCUT2D eigenvalue weighted by Gasteiger charge is -2.33. The van der Waals surface area contributed by atoms with Crippen LogP contribution < -0.4 is 0 Å². The monoisotopic (exact) mass is 279 g/mol. The van der Waals surface area contributed by atoms with Crippen LogP contribution in [0.5, 0.6) is 0 Å². The van der Waals surface area contributed by atoms with E-state index in [2.05, 4.69) is 35.8 Å². The van der Waals surface area contributed by atoms with Crippen LogP contribution in [0.4, 0.5) is 0 Å². The Labute approximate surface area is 120 Å². The Hall–Kier alpha value is -0.940. The fourth-order valence-electron chi connectivity index (χ4n) is 3.21. The zero-order valence-electron chi connectivity index (χ0n) is 12.8. The standard InChI is InChI=1S/C15H25N3O2/c1-14(2,3)13-16-12(20-17-13)9-18-7-6-15(10-18)5-4-8-19-11-15/h4-11H2,1-3H3. The first kappa shape index (κ1) is 14.0. The number of hydrogen-bond acceptors (Lipinski definition) is 5. The minimum absolute atomic E-state index is 0.0504. The number of aromatic nitrogens is 2. The molecule has 0 amide bonds. The predicted octanol–water partition coefficient (Wildman–Crippen LogP) is 2.37. The van der Waals surface area contributed by atoms with Crippen molar-refractivity contribution < 1.29 is 9.26 Å². The molecule has 5 nitrogen and oxygen atoms in total. The predicted molar refractivity (Wildman–Crippen MR) is 75.4 cm³/mol. The summed E-state index contributed by atoms with van der Waals surface area (Å²) in [4.78, 5) is 6.95. The van der Waals surface area contributed by atoms with Gasteiger partial charge in [0.1, 0.15) is 0 Å². The van der Waals surface area contributed by atoms with E-state index in [1.807, 2.05) is 0 Å². The van der Waals surface area contributed by atoms with Gasteiger partial charge in [-0.15, -0.1) is 0 Å². The molecule has 20 heavy (non-hydrogen) atoms. The maximum Gasteiger partial charge on any atom is 0.240 e. The smallest absolute Gasteiger partial charge is 0.240 e. The zero-order chi connectivity index (χ0) is 14.2. The highest BCUT2D eigenvalue weighted by Gasteiger charge is 2.40. The highest BCUT2D eigenvalue weighted by molar-refractivity contribution is 5.00. The Bertz CT molecular complexity index is 458. The van der Waals surface area contributed by atoms with Crippen molar-refractivity contribution in [2.24, 2.45) is 5.41 Å². The number of nitrogens with zero attached hydrogens (tertiary/aromatic N) is 3. The molecular formula is C15H25N3O2. The molecule has 0 radical (unpaired) electrons. The number of hydrogen-bond donors (Lipinski definition) is 0. The van der Waals surface area contributed by atoms with Gasteiger partial charge in [0.15, 0.2) is 5.82 Å². The van der Waals surface area contributed by atoms with Gasteiger partial charge in [0.25, 0.3) is 0 Å². The molecule has 2 aliphatic heterocycles. The van der Waals surface area contributed by atoms with Gasteiger partial charge in [-0.2, -0.15) is 4.98 Å². The van der Waals surface area contributed by atoms with Gasteiger partial charge in [-0.25, -0.2) is 0 Å². The zero-order valence-corrected chi connectivity index (χ0v) is 12.8. The first-order valence-corrected chi connectivity index (χ1v) is 7.60. The summed E-state index contributed by atoms with van der Waals surface area (Å²) in [7, 11) is 0. The van der Waals surface area contributed by atoms with E-state index in [4.69, 9.17) is 9.26 Å². The van der Waals surface area contributed by atoms with Crippen molar-refractivity contribution in [3.8, 4) is 0 Å². The van der Waals surface area contributed by atoms with Crippen LogP contribution >= 0.6 is 0 Å². The van der Waals surface area contributed by atoms with E-state index in [1.165, 1.54) is 19.3 Å². The molecule has 0 aliphatic carbocycles. The Balaban J connectivity index is 1.60. The van der Waals surface area contributed by atoms with Crippen LogP contribution in [0.3, 0.4) is 0 Å². The van der Waals surface area contributed by atoms with Crippen LogP contribution in [-0.2, 0) is 16.7 Å². The molecule has 1 aromatic heterocycles. The molecule has 0 bridgehead atoms. The Morgan fingerprint density at radius 3 is 2.80 bits per heavy atom. The summed E-state index contributed by atoms with van der Waals surface area (Å²) < 4.78 is 11.1. The molecular weight excluding hydrogens is 254 g/mol. The van der Waals surface area contributed by atoms with E-state index in [0.717, 1.165) is 44.6 Å². The van der Waals surface area contributed by atoms with Gasteiger partial charge in [0.2, 0.25) is 5.89 Å². The lowest BCUT2D eigenvalue weighted by molar-refractivity contribution is -0.00288. The average molecular weight is 279 g/mol. The molecule has 5 heteroatoms.